The zero-order chi connectivity index (χ0) is 26.9. The Morgan fingerprint density at radius 2 is 1.67 bits per heavy atom. The van der Waals surface area contributed by atoms with Crippen LogP contribution in [0.4, 0.5) is 0 Å². The second-order valence-electron chi connectivity index (χ2n) is 8.95. The highest BCUT2D eigenvalue weighted by molar-refractivity contribution is 5.88. The third-order valence-corrected chi connectivity index (χ3v) is 5.37. The minimum absolute atomic E-state index is 0.0219. The first-order valence-electron chi connectivity index (χ1n) is 12.9. The van der Waals surface area contributed by atoms with Crippen LogP contribution in [0.5, 0.6) is 11.5 Å². The van der Waals surface area contributed by atoms with Gasteiger partial charge in [0.1, 0.15) is 11.5 Å². The quantitative estimate of drug-likeness (QED) is 0.370. The molecule has 36 heavy (non-hydrogen) atoms. The molecule has 7 heteroatoms. The van der Waals surface area contributed by atoms with Crippen LogP contribution in [0.15, 0.2) is 54.6 Å². The first-order chi connectivity index (χ1) is 17.3. The Morgan fingerprint density at radius 1 is 1.00 bits per heavy atom. The third kappa shape index (κ3) is 11.9. The fourth-order valence-corrected chi connectivity index (χ4v) is 3.71. The van der Waals surface area contributed by atoms with Crippen LogP contribution in [0.3, 0.4) is 0 Å². The van der Waals surface area contributed by atoms with Crippen LogP contribution in [0.2, 0.25) is 0 Å². The average Bonchev–Trinajstić information content (AvgIpc) is 2.86. The van der Waals surface area contributed by atoms with Crippen LogP contribution in [0.1, 0.15) is 65.9 Å². The van der Waals surface area contributed by atoms with Gasteiger partial charge in [0.15, 0.2) is 0 Å². The molecule has 3 amide bonds. The van der Waals surface area contributed by atoms with E-state index in [-0.39, 0.29) is 30.7 Å². The minimum atomic E-state index is -0.527. The van der Waals surface area contributed by atoms with E-state index in [0.29, 0.717) is 25.3 Å². The maximum absolute atomic E-state index is 13.0. The number of carbonyl (C=O) groups excluding carboxylic acids is 3. The molecule has 0 radical (unpaired) electrons. The summed E-state index contributed by atoms with van der Waals surface area (Å²) in [4.78, 5) is 38.7. The van der Waals surface area contributed by atoms with Crippen molar-refractivity contribution >= 4 is 17.7 Å². The highest BCUT2D eigenvalue weighted by Crippen LogP contribution is 2.22. The molecular weight excluding hydrogens is 454 g/mol. The summed E-state index contributed by atoms with van der Waals surface area (Å²) in [6.45, 7) is 10.9. The number of hydrogen-bond donors (Lipinski definition) is 2. The fourth-order valence-electron chi connectivity index (χ4n) is 3.71. The molecule has 0 fully saturated rings. The van der Waals surface area contributed by atoms with Crippen molar-refractivity contribution in [2.24, 2.45) is 17.6 Å². The molecule has 198 valence electrons. The number of carbonyl (C=O) groups is 3. The van der Waals surface area contributed by atoms with Crippen molar-refractivity contribution in [1.82, 2.24) is 10.2 Å². The summed E-state index contributed by atoms with van der Waals surface area (Å²) in [7, 11) is 0. The lowest BCUT2D eigenvalue weighted by molar-refractivity contribution is -0.135. The molecule has 0 saturated carbocycles. The predicted octanol–water partition coefficient (Wildman–Crippen LogP) is 5.29. The van der Waals surface area contributed by atoms with E-state index >= 15 is 0 Å². The number of hydrogen-bond acceptors (Lipinski definition) is 4. The second-order valence-corrected chi connectivity index (χ2v) is 8.95. The topological polar surface area (TPSA) is 102 Å². The summed E-state index contributed by atoms with van der Waals surface area (Å²) in [5.41, 5.74) is 6.25. The molecule has 1 atom stereocenters. The van der Waals surface area contributed by atoms with Crippen molar-refractivity contribution in [3.05, 3.63) is 60.2 Å². The van der Waals surface area contributed by atoms with Crippen molar-refractivity contribution in [3.63, 3.8) is 0 Å². The molecule has 0 aliphatic heterocycles. The first-order valence-corrected chi connectivity index (χ1v) is 12.9. The Labute approximate surface area is 216 Å². The maximum atomic E-state index is 13.0. The number of ether oxygens (including phenoxy) is 1. The molecule has 0 bridgehead atoms. The molecule has 1 unspecified atom stereocenters. The summed E-state index contributed by atoms with van der Waals surface area (Å²) in [5, 5.41) is 2.72. The largest absolute Gasteiger partial charge is 0.457 e. The molecular formula is C29H43N3O4. The SMILES string of the molecule is CC.CCCCN(Cc1cccc(Oc2ccccc2)c1)C(=O)CNC(=O)C(CC(N)=O)CC(C)C. The van der Waals surface area contributed by atoms with Gasteiger partial charge in [-0.25, -0.2) is 0 Å². The molecule has 2 rings (SSSR count). The number of primary amides is 1. The molecule has 0 spiro atoms. The monoisotopic (exact) mass is 497 g/mol. The van der Waals surface area contributed by atoms with Crippen LogP contribution in [0, 0.1) is 11.8 Å². The van der Waals surface area contributed by atoms with Crippen molar-refractivity contribution in [1.29, 1.82) is 0 Å². The summed E-state index contributed by atoms with van der Waals surface area (Å²) in [5.74, 6) is 0.150. The summed E-state index contributed by atoms with van der Waals surface area (Å²) < 4.78 is 5.91. The van der Waals surface area contributed by atoms with E-state index in [1.165, 1.54) is 0 Å². The molecule has 2 aromatic carbocycles. The number of nitrogens with zero attached hydrogens (tertiary/aromatic N) is 1. The summed E-state index contributed by atoms with van der Waals surface area (Å²) in [6, 6.07) is 17.2. The number of rotatable bonds is 14. The van der Waals surface area contributed by atoms with Crippen molar-refractivity contribution in [2.75, 3.05) is 13.1 Å². The van der Waals surface area contributed by atoms with Gasteiger partial charge < -0.3 is 20.7 Å². The molecule has 0 heterocycles. The van der Waals surface area contributed by atoms with Crippen LogP contribution in [-0.2, 0) is 20.9 Å². The van der Waals surface area contributed by atoms with Crippen LogP contribution in [0.25, 0.3) is 0 Å². The second kappa shape index (κ2) is 17.1. The average molecular weight is 498 g/mol. The van der Waals surface area contributed by atoms with Gasteiger partial charge in [-0.15, -0.1) is 0 Å². The predicted molar refractivity (Wildman–Crippen MR) is 144 cm³/mol. The van der Waals surface area contributed by atoms with Crippen LogP contribution in [-0.4, -0.2) is 35.7 Å². The smallest absolute Gasteiger partial charge is 0.242 e. The molecule has 0 aliphatic rings. The van der Waals surface area contributed by atoms with Crippen molar-refractivity contribution in [3.8, 4) is 11.5 Å². The molecule has 0 aliphatic carbocycles. The van der Waals surface area contributed by atoms with Gasteiger partial charge in [0.25, 0.3) is 0 Å². The van der Waals surface area contributed by atoms with Gasteiger partial charge in [-0.2, -0.15) is 0 Å². The van der Waals surface area contributed by atoms with E-state index in [2.05, 4.69) is 12.2 Å². The molecule has 0 saturated heterocycles. The normalized spacial score (nSPS) is 11.2. The number of para-hydroxylation sites is 1. The molecule has 7 nitrogen and oxygen atoms in total. The van der Waals surface area contributed by atoms with Gasteiger partial charge in [0, 0.05) is 25.4 Å². The van der Waals surface area contributed by atoms with E-state index in [0.717, 1.165) is 24.2 Å². The van der Waals surface area contributed by atoms with Crippen molar-refractivity contribution in [2.45, 2.75) is 66.8 Å². The van der Waals surface area contributed by atoms with E-state index < -0.39 is 11.8 Å². The summed E-state index contributed by atoms with van der Waals surface area (Å²) in [6.07, 6.45) is 2.32. The van der Waals surface area contributed by atoms with Crippen LogP contribution >= 0.6 is 0 Å². The van der Waals surface area contributed by atoms with E-state index in [4.69, 9.17) is 10.5 Å². The highest BCUT2D eigenvalue weighted by Gasteiger charge is 2.23. The van der Waals surface area contributed by atoms with Gasteiger partial charge in [0.05, 0.1) is 6.54 Å². The van der Waals surface area contributed by atoms with E-state index in [1.807, 2.05) is 82.3 Å². The number of amides is 3. The zero-order valence-electron chi connectivity index (χ0n) is 22.5. The lowest BCUT2D eigenvalue weighted by Gasteiger charge is -2.24. The van der Waals surface area contributed by atoms with Gasteiger partial charge in [0.2, 0.25) is 17.7 Å². The Bertz CT molecular complexity index is 931. The minimum Gasteiger partial charge on any atom is -0.457 e. The Balaban J connectivity index is 0.00000316. The Hall–Kier alpha value is -3.35. The Kier molecular flexibility index (Phi) is 14.6. The van der Waals surface area contributed by atoms with Gasteiger partial charge in [-0.3, -0.25) is 14.4 Å². The molecule has 2 aromatic rings. The van der Waals surface area contributed by atoms with E-state index in [9.17, 15) is 14.4 Å². The maximum Gasteiger partial charge on any atom is 0.242 e. The first kappa shape index (κ1) is 30.7. The summed E-state index contributed by atoms with van der Waals surface area (Å²) >= 11 is 0. The highest BCUT2D eigenvalue weighted by atomic mass is 16.5. The fraction of sp³-hybridized carbons (Fsp3) is 0.483. The van der Waals surface area contributed by atoms with Gasteiger partial charge >= 0.3 is 0 Å². The lowest BCUT2D eigenvalue weighted by Crippen LogP contribution is -2.43. The number of benzene rings is 2. The molecule has 0 aromatic heterocycles. The van der Waals surface area contributed by atoms with Crippen molar-refractivity contribution < 1.29 is 19.1 Å². The standard InChI is InChI=1S/C27H37N3O4.C2H6/c1-4-5-14-30(26(32)18-29-27(33)22(15-20(2)3)17-25(28)31)19-21-10-9-13-24(16-21)34-23-11-7-6-8-12-23;1-2/h6-13,16,20,22H,4-5,14-15,17-19H2,1-3H3,(H2,28,31)(H,29,33);1-2H3. The third-order valence-electron chi connectivity index (χ3n) is 5.37. The lowest BCUT2D eigenvalue weighted by atomic mass is 9.93. The van der Waals surface area contributed by atoms with Gasteiger partial charge in [-0.05, 0) is 48.6 Å². The Morgan fingerprint density at radius 3 is 2.28 bits per heavy atom. The number of nitrogens with one attached hydrogen (secondary N) is 1. The zero-order valence-corrected chi connectivity index (χ0v) is 22.5. The van der Waals surface area contributed by atoms with Gasteiger partial charge in [-0.1, -0.05) is 71.4 Å². The number of nitrogens with two attached hydrogens (primary N) is 1. The van der Waals surface area contributed by atoms with E-state index in [1.54, 1.807) is 4.90 Å². The van der Waals surface area contributed by atoms with Crippen LogP contribution < -0.4 is 15.8 Å². The molecule has 3 N–H and O–H groups in total. The number of unbranched alkanes of at least 4 members (excludes halogenated alkanes) is 1.